The van der Waals surface area contributed by atoms with Crippen molar-refractivity contribution >= 4 is 5.91 Å². The molecule has 0 aromatic carbocycles. The standard InChI is InChI=1S/C16H23N3O2/c20-16(13-10-12(13)11-4-8-21-9-5-11)18-14-2-1-7-19-15(14)3-6-17-19/h3,6,11-14H,1-2,4-5,7-10H2,(H,18,20)/t12-,13+,14?/m0/s1. The van der Waals surface area contributed by atoms with E-state index in [9.17, 15) is 4.79 Å². The number of fused-ring (bicyclic) bond motifs is 1. The third-order valence-corrected chi connectivity index (χ3v) is 5.33. The summed E-state index contributed by atoms with van der Waals surface area (Å²) in [5, 5.41) is 7.58. The first kappa shape index (κ1) is 13.3. The molecule has 1 saturated heterocycles. The quantitative estimate of drug-likeness (QED) is 0.924. The Bertz CT molecular complexity index is 521. The van der Waals surface area contributed by atoms with Crippen LogP contribution in [0.3, 0.4) is 0 Å². The lowest BCUT2D eigenvalue weighted by Crippen LogP contribution is -2.34. The zero-order valence-corrected chi connectivity index (χ0v) is 12.3. The van der Waals surface area contributed by atoms with Crippen molar-refractivity contribution in [3.05, 3.63) is 18.0 Å². The Kier molecular flexibility index (Phi) is 3.45. The Hall–Kier alpha value is -1.36. The Balaban J connectivity index is 1.35. The summed E-state index contributed by atoms with van der Waals surface area (Å²) >= 11 is 0. The fraction of sp³-hybridized carbons (Fsp3) is 0.750. The van der Waals surface area contributed by atoms with E-state index in [1.165, 1.54) is 0 Å². The molecule has 1 N–H and O–H groups in total. The van der Waals surface area contributed by atoms with Gasteiger partial charge in [0.25, 0.3) is 0 Å². The summed E-state index contributed by atoms with van der Waals surface area (Å²) in [5.74, 6) is 1.80. The molecule has 1 aromatic heterocycles. The first-order valence-electron chi connectivity index (χ1n) is 8.23. The van der Waals surface area contributed by atoms with Crippen LogP contribution in [-0.4, -0.2) is 28.9 Å². The Morgan fingerprint density at radius 2 is 2.19 bits per heavy atom. The lowest BCUT2D eigenvalue weighted by atomic mass is 9.93. The number of amides is 1. The molecule has 5 heteroatoms. The maximum Gasteiger partial charge on any atom is 0.223 e. The van der Waals surface area contributed by atoms with Gasteiger partial charge in [0.1, 0.15) is 0 Å². The summed E-state index contributed by atoms with van der Waals surface area (Å²) in [6.07, 6.45) is 7.29. The number of hydrogen-bond donors (Lipinski definition) is 1. The number of carbonyl (C=O) groups is 1. The van der Waals surface area contributed by atoms with Crippen LogP contribution in [0, 0.1) is 17.8 Å². The molecule has 4 rings (SSSR count). The number of aromatic nitrogens is 2. The van der Waals surface area contributed by atoms with E-state index in [4.69, 9.17) is 4.74 Å². The number of nitrogens with one attached hydrogen (secondary N) is 1. The summed E-state index contributed by atoms with van der Waals surface area (Å²) in [6.45, 7) is 2.72. The van der Waals surface area contributed by atoms with E-state index in [1.807, 2.05) is 16.9 Å². The second-order valence-electron chi connectivity index (χ2n) is 6.64. The molecular weight excluding hydrogens is 266 g/mol. The first-order chi connectivity index (χ1) is 10.3. The Morgan fingerprint density at radius 3 is 3.05 bits per heavy atom. The van der Waals surface area contributed by atoms with Crippen molar-refractivity contribution in [2.24, 2.45) is 17.8 Å². The number of ether oxygens (including phenoxy) is 1. The van der Waals surface area contributed by atoms with Crippen LogP contribution in [0.1, 0.15) is 43.8 Å². The third kappa shape index (κ3) is 2.59. The zero-order valence-electron chi connectivity index (χ0n) is 12.3. The largest absolute Gasteiger partial charge is 0.381 e. The van der Waals surface area contributed by atoms with Gasteiger partial charge in [0.2, 0.25) is 5.91 Å². The summed E-state index contributed by atoms with van der Waals surface area (Å²) in [7, 11) is 0. The van der Waals surface area contributed by atoms with Crippen molar-refractivity contribution in [3.8, 4) is 0 Å². The van der Waals surface area contributed by atoms with E-state index < -0.39 is 0 Å². The SMILES string of the molecule is O=C(NC1CCCn2nccc21)[C@@H]1C[C@H]1C1CCOCC1. The third-order valence-electron chi connectivity index (χ3n) is 5.33. The number of rotatable bonds is 3. The van der Waals surface area contributed by atoms with Gasteiger partial charge in [0.05, 0.1) is 11.7 Å². The maximum absolute atomic E-state index is 12.5. The molecule has 3 atom stereocenters. The fourth-order valence-corrected chi connectivity index (χ4v) is 4.02. The molecular formula is C16H23N3O2. The van der Waals surface area contributed by atoms with E-state index in [2.05, 4.69) is 10.4 Å². The summed E-state index contributed by atoms with van der Waals surface area (Å²) in [4.78, 5) is 12.5. The lowest BCUT2D eigenvalue weighted by molar-refractivity contribution is -0.123. The summed E-state index contributed by atoms with van der Waals surface area (Å²) in [6, 6.07) is 2.19. The fourth-order valence-electron chi connectivity index (χ4n) is 4.02. The van der Waals surface area contributed by atoms with Crippen LogP contribution in [0.2, 0.25) is 0 Å². The highest BCUT2D eigenvalue weighted by Gasteiger charge is 2.48. The van der Waals surface area contributed by atoms with Gasteiger partial charge in [-0.3, -0.25) is 9.48 Å². The first-order valence-corrected chi connectivity index (χ1v) is 8.23. The minimum Gasteiger partial charge on any atom is -0.381 e. The van der Waals surface area contributed by atoms with Gasteiger partial charge in [0, 0.05) is 31.9 Å². The van der Waals surface area contributed by atoms with E-state index >= 15 is 0 Å². The molecule has 114 valence electrons. The second-order valence-corrected chi connectivity index (χ2v) is 6.64. The van der Waals surface area contributed by atoms with Gasteiger partial charge >= 0.3 is 0 Å². The van der Waals surface area contributed by atoms with Gasteiger partial charge in [-0.1, -0.05) is 0 Å². The predicted molar refractivity (Wildman–Crippen MR) is 77.5 cm³/mol. The molecule has 21 heavy (non-hydrogen) atoms. The molecule has 3 aliphatic rings. The van der Waals surface area contributed by atoms with Crippen LogP contribution in [0.5, 0.6) is 0 Å². The summed E-state index contributed by atoms with van der Waals surface area (Å²) in [5.41, 5.74) is 1.16. The number of nitrogens with zero attached hydrogens (tertiary/aromatic N) is 2. The van der Waals surface area contributed by atoms with Crippen LogP contribution in [0.25, 0.3) is 0 Å². The molecule has 1 unspecified atom stereocenters. The van der Waals surface area contributed by atoms with E-state index in [-0.39, 0.29) is 17.9 Å². The maximum atomic E-state index is 12.5. The number of carbonyl (C=O) groups excluding carboxylic acids is 1. The molecule has 1 aliphatic carbocycles. The van der Waals surface area contributed by atoms with Crippen molar-refractivity contribution in [1.82, 2.24) is 15.1 Å². The van der Waals surface area contributed by atoms with Gasteiger partial charge < -0.3 is 10.1 Å². The van der Waals surface area contributed by atoms with Crippen molar-refractivity contribution < 1.29 is 9.53 Å². The molecule has 1 amide bonds. The van der Waals surface area contributed by atoms with Crippen LogP contribution in [0.15, 0.2) is 12.3 Å². The number of aryl methyl sites for hydroxylation is 1. The van der Waals surface area contributed by atoms with Crippen molar-refractivity contribution in [3.63, 3.8) is 0 Å². The highest BCUT2D eigenvalue weighted by atomic mass is 16.5. The van der Waals surface area contributed by atoms with Gasteiger partial charge in [-0.25, -0.2) is 0 Å². The molecule has 0 radical (unpaired) electrons. The van der Waals surface area contributed by atoms with E-state index in [1.54, 1.807) is 0 Å². The van der Waals surface area contributed by atoms with E-state index in [0.717, 1.165) is 57.6 Å². The van der Waals surface area contributed by atoms with Gasteiger partial charge in [-0.05, 0) is 50.0 Å². The van der Waals surface area contributed by atoms with Gasteiger partial charge in [-0.2, -0.15) is 5.10 Å². The van der Waals surface area contributed by atoms with Gasteiger partial charge in [0.15, 0.2) is 0 Å². The smallest absolute Gasteiger partial charge is 0.223 e. The van der Waals surface area contributed by atoms with Crippen molar-refractivity contribution in [1.29, 1.82) is 0 Å². The highest BCUT2D eigenvalue weighted by molar-refractivity contribution is 5.82. The second kappa shape index (κ2) is 5.44. The highest BCUT2D eigenvalue weighted by Crippen LogP contribution is 2.48. The van der Waals surface area contributed by atoms with E-state index in [0.29, 0.717) is 11.8 Å². The molecule has 1 saturated carbocycles. The molecule has 2 fully saturated rings. The van der Waals surface area contributed by atoms with Gasteiger partial charge in [-0.15, -0.1) is 0 Å². The van der Waals surface area contributed by atoms with Crippen molar-refractivity contribution in [2.75, 3.05) is 13.2 Å². The monoisotopic (exact) mass is 289 g/mol. The normalized spacial score (nSPS) is 32.5. The minimum absolute atomic E-state index is 0.157. The van der Waals surface area contributed by atoms with Crippen LogP contribution in [0.4, 0.5) is 0 Å². The Labute approximate surface area is 125 Å². The molecule has 0 spiro atoms. The molecule has 1 aromatic rings. The average Bonchev–Trinajstić information content (AvgIpc) is 3.18. The summed E-state index contributed by atoms with van der Waals surface area (Å²) < 4.78 is 7.44. The van der Waals surface area contributed by atoms with Crippen LogP contribution in [-0.2, 0) is 16.1 Å². The predicted octanol–water partition coefficient (Wildman–Crippen LogP) is 1.90. The lowest BCUT2D eigenvalue weighted by Gasteiger charge is -2.25. The molecule has 5 nitrogen and oxygen atoms in total. The molecule has 2 aliphatic heterocycles. The topological polar surface area (TPSA) is 56.2 Å². The van der Waals surface area contributed by atoms with Crippen LogP contribution < -0.4 is 5.32 Å². The minimum atomic E-state index is 0.157. The van der Waals surface area contributed by atoms with Crippen molar-refractivity contribution in [2.45, 2.75) is 44.7 Å². The Morgan fingerprint density at radius 1 is 1.33 bits per heavy atom. The molecule has 3 heterocycles. The average molecular weight is 289 g/mol. The van der Waals surface area contributed by atoms with Crippen LogP contribution >= 0.6 is 0 Å². The molecule has 0 bridgehead atoms. The number of hydrogen-bond acceptors (Lipinski definition) is 3. The zero-order chi connectivity index (χ0) is 14.2.